The van der Waals surface area contributed by atoms with Gasteiger partial charge in [0.05, 0.1) is 0 Å². The van der Waals surface area contributed by atoms with Crippen molar-refractivity contribution in [2.24, 2.45) is 0 Å². The number of rotatable bonds is 0. The average Bonchev–Trinajstić information content (AvgIpc) is 2.06. The molecule has 0 saturated heterocycles. The van der Waals surface area contributed by atoms with Crippen molar-refractivity contribution in [2.75, 3.05) is 0 Å². The highest BCUT2D eigenvalue weighted by Crippen LogP contribution is 2.18. The van der Waals surface area contributed by atoms with Crippen LogP contribution in [0.1, 0.15) is 11.1 Å². The van der Waals surface area contributed by atoms with Crippen molar-refractivity contribution in [1.29, 1.82) is 5.39 Å². The standard InChI is InChI=1S/C8H9N2.BF4/c1-6-3-4-7(2)8(5-6)10-9;2-1(3,4)5/h3-5H,1-2H3;/q+1;-1. The minimum absolute atomic E-state index is 0.653. The minimum Gasteiger partial charge on any atom is -0.418 e. The maximum atomic E-state index is 9.75. The third-order valence-electron chi connectivity index (χ3n) is 1.47. The van der Waals surface area contributed by atoms with E-state index in [1.54, 1.807) is 0 Å². The highest BCUT2D eigenvalue weighted by atomic mass is 19.5. The second-order valence-corrected chi connectivity index (χ2v) is 2.88. The second-order valence-electron chi connectivity index (χ2n) is 2.88. The number of hydrogen-bond donors (Lipinski definition) is 0. The molecule has 2 nitrogen and oxygen atoms in total. The Balaban J connectivity index is 0.000000336. The summed E-state index contributed by atoms with van der Waals surface area (Å²) in [6, 6.07) is 5.77. The van der Waals surface area contributed by atoms with Crippen LogP contribution < -0.4 is 0 Å². The molecule has 0 spiro atoms. The molecule has 1 aromatic rings. The largest absolute Gasteiger partial charge is 0.673 e. The molecular weight excluding hydrogens is 211 g/mol. The first-order chi connectivity index (χ1) is 6.74. The van der Waals surface area contributed by atoms with Crippen LogP contribution >= 0.6 is 0 Å². The average molecular weight is 220 g/mol. The fourth-order valence-corrected chi connectivity index (χ4v) is 0.827. The van der Waals surface area contributed by atoms with Crippen molar-refractivity contribution < 1.29 is 17.3 Å². The zero-order valence-electron chi connectivity index (χ0n) is 8.22. The van der Waals surface area contributed by atoms with Gasteiger partial charge in [0.25, 0.3) is 0 Å². The van der Waals surface area contributed by atoms with Gasteiger partial charge >= 0.3 is 12.9 Å². The summed E-state index contributed by atoms with van der Waals surface area (Å²) in [6.45, 7) is 3.88. The number of aryl methyl sites for hydroxylation is 2. The molecule has 1 aromatic carbocycles. The van der Waals surface area contributed by atoms with Crippen LogP contribution in [0.15, 0.2) is 18.2 Å². The van der Waals surface area contributed by atoms with Crippen LogP contribution in [0.5, 0.6) is 0 Å². The van der Waals surface area contributed by atoms with Gasteiger partial charge in [0.15, 0.2) is 4.98 Å². The molecule has 0 heterocycles. The van der Waals surface area contributed by atoms with Gasteiger partial charge in [-0.2, -0.15) is 0 Å². The highest BCUT2D eigenvalue weighted by Gasteiger charge is 2.20. The lowest BCUT2D eigenvalue weighted by Crippen LogP contribution is -2.02. The molecule has 0 amide bonds. The fraction of sp³-hybridized carbons (Fsp3) is 0.250. The zero-order chi connectivity index (χ0) is 12.1. The van der Waals surface area contributed by atoms with Crippen LogP contribution in [-0.2, 0) is 0 Å². The molecule has 0 unspecified atom stereocenters. The topological polar surface area (TPSA) is 28.1 Å². The summed E-state index contributed by atoms with van der Waals surface area (Å²) < 4.78 is 39.0. The summed E-state index contributed by atoms with van der Waals surface area (Å²) in [5, 5.41) is 8.47. The van der Waals surface area contributed by atoms with Crippen molar-refractivity contribution in [3.05, 3.63) is 34.3 Å². The summed E-state index contributed by atoms with van der Waals surface area (Å²) in [5.41, 5.74) is 2.76. The molecule has 0 aromatic heterocycles. The first-order valence-corrected chi connectivity index (χ1v) is 4.03. The van der Waals surface area contributed by atoms with Crippen LogP contribution in [0.25, 0.3) is 4.98 Å². The smallest absolute Gasteiger partial charge is 0.418 e. The first-order valence-electron chi connectivity index (χ1n) is 4.03. The highest BCUT2D eigenvalue weighted by molar-refractivity contribution is 6.50. The predicted octanol–water partition coefficient (Wildman–Crippen LogP) is 4.09. The maximum absolute atomic E-state index is 9.75. The molecule has 7 heteroatoms. The molecule has 82 valence electrons. The Labute approximate surface area is 84.6 Å². The van der Waals surface area contributed by atoms with Crippen LogP contribution in [0.4, 0.5) is 23.0 Å². The lowest BCUT2D eigenvalue weighted by molar-refractivity contribution is 0.368. The molecule has 0 fully saturated rings. The van der Waals surface area contributed by atoms with E-state index < -0.39 is 7.25 Å². The Morgan fingerprint density at radius 2 is 1.60 bits per heavy atom. The molecule has 0 N–H and O–H groups in total. The van der Waals surface area contributed by atoms with Crippen LogP contribution in [-0.4, -0.2) is 7.25 Å². The fourth-order valence-electron chi connectivity index (χ4n) is 0.827. The maximum Gasteiger partial charge on any atom is 0.673 e. The molecular formula is C8H9BF4N2. The normalized spacial score (nSPS) is 9.93. The van der Waals surface area contributed by atoms with Gasteiger partial charge < -0.3 is 17.3 Å². The van der Waals surface area contributed by atoms with Gasteiger partial charge in [-0.05, 0) is 19.4 Å². The molecule has 1 rings (SSSR count). The molecule has 15 heavy (non-hydrogen) atoms. The molecule has 0 radical (unpaired) electrons. The predicted molar refractivity (Wildman–Crippen MR) is 50.8 cm³/mol. The molecule has 0 saturated carbocycles. The summed E-state index contributed by atoms with van der Waals surface area (Å²) in [7, 11) is -6.00. The molecule has 0 aliphatic rings. The van der Waals surface area contributed by atoms with Crippen LogP contribution in [0, 0.1) is 19.2 Å². The molecule has 0 aliphatic heterocycles. The van der Waals surface area contributed by atoms with Crippen molar-refractivity contribution in [2.45, 2.75) is 13.8 Å². The van der Waals surface area contributed by atoms with Crippen LogP contribution in [0.2, 0.25) is 0 Å². The Kier molecular flexibility index (Phi) is 4.78. The molecule has 0 atom stereocenters. The van der Waals surface area contributed by atoms with Crippen LogP contribution in [0.3, 0.4) is 0 Å². The minimum atomic E-state index is -6.00. The second kappa shape index (κ2) is 5.34. The Morgan fingerprint density at radius 1 is 1.13 bits per heavy atom. The molecule has 0 bridgehead atoms. The van der Waals surface area contributed by atoms with Crippen molar-refractivity contribution >= 4 is 12.9 Å². The van der Waals surface area contributed by atoms with E-state index >= 15 is 0 Å². The van der Waals surface area contributed by atoms with E-state index in [9.17, 15) is 17.3 Å². The number of benzene rings is 1. The van der Waals surface area contributed by atoms with E-state index in [1.165, 1.54) is 0 Å². The first kappa shape index (κ1) is 13.4. The van der Waals surface area contributed by atoms with E-state index in [0.29, 0.717) is 5.69 Å². The van der Waals surface area contributed by atoms with Crippen molar-refractivity contribution in [1.82, 2.24) is 0 Å². The number of halogens is 4. The Bertz CT molecular complexity index is 364. The number of hydrogen-bond acceptors (Lipinski definition) is 1. The third-order valence-corrected chi connectivity index (χ3v) is 1.47. The van der Waals surface area contributed by atoms with E-state index in [2.05, 4.69) is 4.98 Å². The van der Waals surface area contributed by atoms with Gasteiger partial charge in [0.1, 0.15) is 0 Å². The number of nitrogens with zero attached hydrogens (tertiary/aromatic N) is 2. The SMILES string of the molecule is Cc1ccc(C)c([N+]#N)c1.F[B-](F)(F)F. The van der Waals surface area contributed by atoms with Gasteiger partial charge in [0.2, 0.25) is 5.39 Å². The van der Waals surface area contributed by atoms with E-state index in [1.807, 2.05) is 32.0 Å². The van der Waals surface area contributed by atoms with Gasteiger partial charge in [-0.1, -0.05) is 12.1 Å². The van der Waals surface area contributed by atoms with Gasteiger partial charge in [-0.3, -0.25) is 0 Å². The summed E-state index contributed by atoms with van der Waals surface area (Å²) in [6.07, 6.45) is 0. The third kappa shape index (κ3) is 7.49. The van der Waals surface area contributed by atoms with Crippen molar-refractivity contribution in [3.63, 3.8) is 0 Å². The summed E-state index contributed by atoms with van der Waals surface area (Å²) in [5.74, 6) is 0. The zero-order valence-corrected chi connectivity index (χ0v) is 8.22. The lowest BCUT2D eigenvalue weighted by Gasteiger charge is -1.94. The Morgan fingerprint density at radius 3 is 1.93 bits per heavy atom. The van der Waals surface area contributed by atoms with Gasteiger partial charge in [-0.25, -0.2) is 0 Å². The van der Waals surface area contributed by atoms with Gasteiger partial charge in [-0.15, -0.1) is 0 Å². The Hall–Kier alpha value is -1.58. The van der Waals surface area contributed by atoms with E-state index in [-0.39, 0.29) is 0 Å². The summed E-state index contributed by atoms with van der Waals surface area (Å²) in [4.78, 5) is 3.13. The summed E-state index contributed by atoms with van der Waals surface area (Å²) >= 11 is 0. The lowest BCUT2D eigenvalue weighted by atomic mass is 10.1. The number of diazo groups is 1. The monoisotopic (exact) mass is 220 g/mol. The molecule has 0 aliphatic carbocycles. The quantitative estimate of drug-likeness (QED) is 0.367. The van der Waals surface area contributed by atoms with Gasteiger partial charge in [0, 0.05) is 11.6 Å². The van der Waals surface area contributed by atoms with E-state index in [4.69, 9.17) is 5.39 Å². The van der Waals surface area contributed by atoms with E-state index in [0.717, 1.165) is 11.1 Å². The van der Waals surface area contributed by atoms with Crippen molar-refractivity contribution in [3.8, 4) is 0 Å².